The number of rotatable bonds is 1. The summed E-state index contributed by atoms with van der Waals surface area (Å²) in [4.78, 5) is 5.31. The van der Waals surface area contributed by atoms with Crippen molar-refractivity contribution in [3.8, 4) is 5.75 Å². The van der Waals surface area contributed by atoms with Crippen molar-refractivity contribution < 1.29 is 5.11 Å². The van der Waals surface area contributed by atoms with Crippen LogP contribution in [0.4, 0.5) is 0 Å². The van der Waals surface area contributed by atoms with Crippen LogP contribution in [-0.2, 0) is 6.42 Å². The van der Waals surface area contributed by atoms with Gasteiger partial charge < -0.3 is 10.0 Å². The summed E-state index contributed by atoms with van der Waals surface area (Å²) in [6, 6.07) is 7.39. The van der Waals surface area contributed by atoms with Gasteiger partial charge in [0, 0.05) is 25.2 Å². The molecule has 1 N–H and O–H groups in total. The molecule has 0 radical (unpaired) electrons. The van der Waals surface area contributed by atoms with Crippen LogP contribution in [0.2, 0.25) is 0 Å². The van der Waals surface area contributed by atoms with Gasteiger partial charge >= 0.3 is 0 Å². The van der Waals surface area contributed by atoms with Gasteiger partial charge in [-0.3, -0.25) is 4.90 Å². The number of phenolic OH excluding ortho intramolecular Hbond substituents is 1. The third-order valence-corrected chi connectivity index (χ3v) is 5.99. The average Bonchev–Trinajstić information content (AvgIpc) is 2.90. The van der Waals surface area contributed by atoms with Crippen LogP contribution in [0.25, 0.3) is 0 Å². The van der Waals surface area contributed by atoms with E-state index in [-0.39, 0.29) is 0 Å². The van der Waals surface area contributed by atoms with Gasteiger partial charge in [0.15, 0.2) is 0 Å². The molecule has 0 saturated carbocycles. The summed E-state index contributed by atoms with van der Waals surface area (Å²) >= 11 is 0. The molecule has 0 spiro atoms. The minimum Gasteiger partial charge on any atom is -0.508 e. The lowest BCUT2D eigenvalue weighted by Crippen LogP contribution is -2.53. The van der Waals surface area contributed by atoms with Gasteiger partial charge in [-0.05, 0) is 74.9 Å². The van der Waals surface area contributed by atoms with Gasteiger partial charge in [0.1, 0.15) is 5.75 Å². The Labute approximate surface area is 127 Å². The largest absolute Gasteiger partial charge is 0.508 e. The molecule has 0 amide bonds. The second kappa shape index (κ2) is 5.29. The zero-order valence-corrected chi connectivity index (χ0v) is 13.0. The Morgan fingerprint density at radius 3 is 2.95 bits per heavy atom. The van der Waals surface area contributed by atoms with Gasteiger partial charge in [-0.15, -0.1) is 0 Å². The van der Waals surface area contributed by atoms with Crippen LogP contribution in [-0.4, -0.2) is 47.6 Å². The van der Waals surface area contributed by atoms with E-state index in [4.69, 9.17) is 0 Å². The van der Waals surface area contributed by atoms with E-state index in [9.17, 15) is 5.11 Å². The van der Waals surface area contributed by atoms with Crippen LogP contribution in [0.5, 0.6) is 5.75 Å². The van der Waals surface area contributed by atoms with Crippen LogP contribution in [0.15, 0.2) is 18.2 Å². The van der Waals surface area contributed by atoms with E-state index in [0.29, 0.717) is 11.8 Å². The first-order chi connectivity index (χ1) is 10.2. The predicted octanol–water partition coefficient (Wildman–Crippen LogP) is 2.80. The molecule has 3 nitrogen and oxygen atoms in total. The standard InChI is InChI=1S/C18H26N2O/c1-19-9-2-3-14-12-20(10-8-17(14)19)18-7-4-13-11-15(21)5-6-16(13)18/h5-6,11,14,17-18,21H,2-4,7-10,12H2,1H3. The van der Waals surface area contributed by atoms with Gasteiger partial charge in [0.05, 0.1) is 0 Å². The van der Waals surface area contributed by atoms with E-state index in [0.717, 1.165) is 18.4 Å². The molecule has 3 aliphatic rings. The quantitative estimate of drug-likeness (QED) is 0.860. The Kier molecular flexibility index (Phi) is 3.43. The van der Waals surface area contributed by atoms with Crippen LogP contribution in [0.1, 0.15) is 42.9 Å². The van der Waals surface area contributed by atoms with Gasteiger partial charge in [-0.1, -0.05) is 6.07 Å². The fraction of sp³-hybridized carbons (Fsp3) is 0.667. The highest BCUT2D eigenvalue weighted by molar-refractivity contribution is 5.40. The van der Waals surface area contributed by atoms with Crippen molar-refractivity contribution in [1.29, 1.82) is 0 Å². The number of hydrogen-bond donors (Lipinski definition) is 1. The van der Waals surface area contributed by atoms with Crippen molar-refractivity contribution in [2.24, 2.45) is 5.92 Å². The first-order valence-electron chi connectivity index (χ1n) is 8.48. The van der Waals surface area contributed by atoms with Gasteiger partial charge in [0.25, 0.3) is 0 Å². The second-order valence-electron chi connectivity index (χ2n) is 7.17. The van der Waals surface area contributed by atoms with E-state index < -0.39 is 0 Å². The summed E-state index contributed by atoms with van der Waals surface area (Å²) in [6.07, 6.45) is 6.44. The van der Waals surface area contributed by atoms with Gasteiger partial charge in [0.2, 0.25) is 0 Å². The van der Waals surface area contributed by atoms with Crippen molar-refractivity contribution in [3.63, 3.8) is 0 Å². The maximum absolute atomic E-state index is 9.66. The molecule has 2 fully saturated rings. The van der Waals surface area contributed by atoms with Crippen LogP contribution in [0.3, 0.4) is 0 Å². The summed E-state index contributed by atoms with van der Waals surface area (Å²) in [6.45, 7) is 3.78. The Balaban J connectivity index is 1.52. The molecule has 0 bridgehead atoms. The molecule has 0 aromatic heterocycles. The van der Waals surface area contributed by atoms with E-state index in [1.165, 1.54) is 56.4 Å². The molecular weight excluding hydrogens is 260 g/mol. The minimum atomic E-state index is 0.419. The zero-order valence-electron chi connectivity index (χ0n) is 13.0. The lowest BCUT2D eigenvalue weighted by atomic mass is 9.83. The minimum absolute atomic E-state index is 0.419. The van der Waals surface area contributed by atoms with E-state index >= 15 is 0 Å². The molecular formula is C18H26N2O. The number of likely N-dealkylation sites (tertiary alicyclic amines) is 2. The number of aryl methyl sites for hydroxylation is 1. The number of aromatic hydroxyl groups is 1. The Morgan fingerprint density at radius 1 is 1.14 bits per heavy atom. The van der Waals surface area contributed by atoms with E-state index in [1.807, 2.05) is 12.1 Å². The normalized spacial score (nSPS) is 33.7. The molecule has 2 saturated heterocycles. The maximum atomic E-state index is 9.66. The molecule has 21 heavy (non-hydrogen) atoms. The van der Waals surface area contributed by atoms with Crippen molar-refractivity contribution in [3.05, 3.63) is 29.3 Å². The third-order valence-electron chi connectivity index (χ3n) is 5.99. The summed E-state index contributed by atoms with van der Waals surface area (Å²) in [5, 5.41) is 9.66. The van der Waals surface area contributed by atoms with Crippen molar-refractivity contribution >= 4 is 0 Å². The summed E-state index contributed by atoms with van der Waals surface area (Å²) in [7, 11) is 2.31. The zero-order chi connectivity index (χ0) is 14.4. The smallest absolute Gasteiger partial charge is 0.115 e. The van der Waals surface area contributed by atoms with Gasteiger partial charge in [-0.25, -0.2) is 0 Å². The number of fused-ring (bicyclic) bond motifs is 2. The van der Waals surface area contributed by atoms with Crippen LogP contribution < -0.4 is 0 Å². The number of nitrogens with zero attached hydrogens (tertiary/aromatic N) is 2. The summed E-state index contributed by atoms with van der Waals surface area (Å²) in [5.41, 5.74) is 2.83. The summed E-state index contributed by atoms with van der Waals surface area (Å²) < 4.78 is 0. The van der Waals surface area contributed by atoms with Crippen LogP contribution >= 0.6 is 0 Å². The average molecular weight is 286 g/mol. The Morgan fingerprint density at radius 2 is 2.05 bits per heavy atom. The topological polar surface area (TPSA) is 26.7 Å². The van der Waals surface area contributed by atoms with Crippen molar-refractivity contribution in [2.75, 3.05) is 26.7 Å². The second-order valence-corrected chi connectivity index (χ2v) is 7.17. The molecule has 3 unspecified atom stereocenters. The molecule has 2 heterocycles. The monoisotopic (exact) mass is 286 g/mol. The number of piperidine rings is 2. The SMILES string of the molecule is CN1CCCC2CN(C3CCc4cc(O)ccc43)CCC21. The predicted molar refractivity (Wildman–Crippen MR) is 84.5 cm³/mol. The van der Waals surface area contributed by atoms with E-state index in [1.54, 1.807) is 0 Å². The summed E-state index contributed by atoms with van der Waals surface area (Å²) in [5.74, 6) is 1.28. The number of phenols is 1. The molecule has 1 aromatic carbocycles. The van der Waals surface area contributed by atoms with Crippen molar-refractivity contribution in [2.45, 2.75) is 44.2 Å². The Bertz CT molecular complexity index is 530. The first-order valence-corrected chi connectivity index (χ1v) is 8.48. The molecule has 114 valence electrons. The van der Waals surface area contributed by atoms with Crippen molar-refractivity contribution in [1.82, 2.24) is 9.80 Å². The number of hydrogen-bond acceptors (Lipinski definition) is 3. The molecule has 3 heteroatoms. The van der Waals surface area contributed by atoms with Crippen LogP contribution in [0, 0.1) is 5.92 Å². The first kappa shape index (κ1) is 13.6. The highest BCUT2D eigenvalue weighted by Crippen LogP contribution is 2.40. The lowest BCUT2D eigenvalue weighted by molar-refractivity contribution is 0.0198. The lowest BCUT2D eigenvalue weighted by Gasteiger charge is -2.47. The molecule has 3 atom stereocenters. The highest BCUT2D eigenvalue weighted by atomic mass is 16.3. The fourth-order valence-corrected chi connectivity index (χ4v) is 4.92. The molecule has 4 rings (SSSR count). The third kappa shape index (κ3) is 2.36. The molecule has 2 aliphatic heterocycles. The van der Waals surface area contributed by atoms with Gasteiger partial charge in [-0.2, -0.15) is 0 Å². The maximum Gasteiger partial charge on any atom is 0.115 e. The highest BCUT2D eigenvalue weighted by Gasteiger charge is 2.38. The van der Waals surface area contributed by atoms with E-state index in [2.05, 4.69) is 22.9 Å². The fourth-order valence-electron chi connectivity index (χ4n) is 4.92. The Hall–Kier alpha value is -1.06. The molecule has 1 aromatic rings. The number of benzene rings is 1. The molecule has 1 aliphatic carbocycles.